The zero-order valence-corrected chi connectivity index (χ0v) is 51.3. The summed E-state index contributed by atoms with van der Waals surface area (Å²) in [5.74, 6) is -0.881. The molecule has 0 aliphatic carbocycles. The number of allylic oxidation sites excluding steroid dienone is 6. The molecular formula is C70H130O6. The predicted octanol–water partition coefficient (Wildman–Crippen LogP) is 23.2. The Hall–Kier alpha value is -2.37. The molecule has 0 saturated heterocycles. The maximum absolute atomic E-state index is 12.9. The van der Waals surface area contributed by atoms with Crippen LogP contribution in [0.3, 0.4) is 0 Å². The highest BCUT2D eigenvalue weighted by atomic mass is 16.6. The molecular weight excluding hydrogens is 937 g/mol. The third-order valence-corrected chi connectivity index (χ3v) is 15.4. The molecule has 0 rings (SSSR count). The van der Waals surface area contributed by atoms with Crippen molar-refractivity contribution in [1.29, 1.82) is 0 Å². The third kappa shape index (κ3) is 62.5. The molecule has 0 bridgehead atoms. The van der Waals surface area contributed by atoms with Gasteiger partial charge in [0, 0.05) is 19.3 Å². The first-order chi connectivity index (χ1) is 37.5. The van der Waals surface area contributed by atoms with E-state index in [-0.39, 0.29) is 31.1 Å². The molecule has 0 aromatic rings. The Bertz CT molecular complexity index is 1270. The van der Waals surface area contributed by atoms with Crippen LogP contribution in [0.5, 0.6) is 0 Å². The van der Waals surface area contributed by atoms with E-state index in [2.05, 4.69) is 57.2 Å². The second kappa shape index (κ2) is 65.2. The summed E-state index contributed by atoms with van der Waals surface area (Å²) in [7, 11) is 0. The summed E-state index contributed by atoms with van der Waals surface area (Å²) in [6, 6.07) is 0. The molecule has 0 fully saturated rings. The lowest BCUT2D eigenvalue weighted by molar-refractivity contribution is -0.167. The van der Waals surface area contributed by atoms with Crippen LogP contribution >= 0.6 is 0 Å². The van der Waals surface area contributed by atoms with Crippen molar-refractivity contribution in [2.24, 2.45) is 0 Å². The van der Waals surface area contributed by atoms with E-state index in [9.17, 15) is 14.4 Å². The maximum atomic E-state index is 12.9. The number of hydrogen-bond acceptors (Lipinski definition) is 6. The van der Waals surface area contributed by atoms with E-state index in [0.717, 1.165) is 83.5 Å². The Labute approximate surface area is 474 Å². The lowest BCUT2D eigenvalue weighted by Gasteiger charge is -2.18. The van der Waals surface area contributed by atoms with Crippen LogP contribution in [0.4, 0.5) is 0 Å². The highest BCUT2D eigenvalue weighted by Gasteiger charge is 2.19. The van der Waals surface area contributed by atoms with Crippen molar-refractivity contribution in [2.45, 2.75) is 380 Å². The van der Waals surface area contributed by atoms with E-state index >= 15 is 0 Å². The molecule has 446 valence electrons. The summed E-state index contributed by atoms with van der Waals surface area (Å²) < 4.78 is 16.9. The van der Waals surface area contributed by atoms with Gasteiger partial charge < -0.3 is 14.2 Å². The van der Waals surface area contributed by atoms with Gasteiger partial charge in [0.05, 0.1) is 0 Å². The minimum atomic E-state index is -0.781. The van der Waals surface area contributed by atoms with Crippen LogP contribution in [0.15, 0.2) is 36.5 Å². The molecule has 1 atom stereocenters. The third-order valence-electron chi connectivity index (χ3n) is 15.4. The van der Waals surface area contributed by atoms with Crippen LogP contribution in [0.25, 0.3) is 0 Å². The molecule has 0 radical (unpaired) electrons. The van der Waals surface area contributed by atoms with Gasteiger partial charge in [0.1, 0.15) is 13.2 Å². The van der Waals surface area contributed by atoms with Gasteiger partial charge in [-0.1, -0.05) is 340 Å². The van der Waals surface area contributed by atoms with Crippen molar-refractivity contribution in [3.63, 3.8) is 0 Å². The van der Waals surface area contributed by atoms with Gasteiger partial charge in [-0.2, -0.15) is 0 Å². The summed E-state index contributed by atoms with van der Waals surface area (Å²) in [5, 5.41) is 0. The molecule has 0 aromatic carbocycles. The first-order valence-corrected chi connectivity index (χ1v) is 34.0. The molecule has 6 heteroatoms. The van der Waals surface area contributed by atoms with Crippen LogP contribution < -0.4 is 0 Å². The Morgan fingerprint density at radius 3 is 0.803 bits per heavy atom. The molecule has 0 heterocycles. The SMILES string of the molecule is CC/C=C\C/C=C\C/C=C\CCCCCC(=O)OCC(COC(=O)CCCCCCCCCCCCCCCCCCCCCCCCCCCCCCC)OC(=O)CCCCCCCCCCCCCCCCCC. The van der Waals surface area contributed by atoms with E-state index in [1.807, 2.05) is 0 Å². The normalized spacial score (nSPS) is 12.2. The predicted molar refractivity (Wildman–Crippen MR) is 330 cm³/mol. The summed E-state index contributed by atoms with van der Waals surface area (Å²) in [5.41, 5.74) is 0. The second-order valence-electron chi connectivity index (χ2n) is 23.1. The smallest absolute Gasteiger partial charge is 0.306 e. The van der Waals surface area contributed by atoms with Crippen LogP contribution in [-0.4, -0.2) is 37.2 Å². The largest absolute Gasteiger partial charge is 0.462 e. The minimum absolute atomic E-state index is 0.0761. The molecule has 76 heavy (non-hydrogen) atoms. The van der Waals surface area contributed by atoms with E-state index in [0.29, 0.717) is 19.3 Å². The first-order valence-electron chi connectivity index (χ1n) is 34.0. The average Bonchev–Trinajstić information content (AvgIpc) is 3.42. The van der Waals surface area contributed by atoms with Crippen LogP contribution in [0, 0.1) is 0 Å². The molecule has 6 nitrogen and oxygen atoms in total. The van der Waals surface area contributed by atoms with Crippen molar-refractivity contribution in [1.82, 2.24) is 0 Å². The van der Waals surface area contributed by atoms with Gasteiger partial charge in [-0.05, 0) is 51.4 Å². The van der Waals surface area contributed by atoms with Gasteiger partial charge in [0.2, 0.25) is 0 Å². The van der Waals surface area contributed by atoms with Gasteiger partial charge in [0.15, 0.2) is 6.10 Å². The lowest BCUT2D eigenvalue weighted by atomic mass is 10.0. The van der Waals surface area contributed by atoms with E-state index in [4.69, 9.17) is 14.2 Å². The van der Waals surface area contributed by atoms with Crippen LogP contribution in [-0.2, 0) is 28.6 Å². The Morgan fingerprint density at radius 1 is 0.276 bits per heavy atom. The summed E-state index contributed by atoms with van der Waals surface area (Å²) in [4.78, 5) is 38.3. The monoisotopic (exact) mass is 1070 g/mol. The van der Waals surface area contributed by atoms with Crippen LogP contribution in [0.1, 0.15) is 374 Å². The first kappa shape index (κ1) is 73.6. The fourth-order valence-electron chi connectivity index (χ4n) is 10.3. The highest BCUT2D eigenvalue weighted by Crippen LogP contribution is 2.19. The van der Waals surface area contributed by atoms with Gasteiger partial charge in [-0.25, -0.2) is 0 Å². The molecule has 0 saturated carbocycles. The Kier molecular flexibility index (Phi) is 63.1. The fraction of sp³-hybridized carbons (Fsp3) is 0.871. The quantitative estimate of drug-likeness (QED) is 0.0261. The standard InChI is InChI=1S/C70H130O6/c1-4-7-10-13-16-19-22-25-27-29-30-31-32-33-34-35-36-37-38-39-40-41-43-45-48-51-54-57-60-63-69(72)75-66-67(65-74-68(71)62-59-56-53-50-47-44-24-21-18-15-12-9-6-3)76-70(73)64-61-58-55-52-49-46-42-28-26-23-20-17-14-11-8-5-2/h9,12,18,21,44,47,67H,4-8,10-11,13-17,19-20,22-43,45-46,48-66H2,1-3H3/b12-9-,21-18-,47-44-. The Balaban J connectivity index is 4.15. The maximum Gasteiger partial charge on any atom is 0.306 e. The van der Waals surface area contributed by atoms with Crippen molar-refractivity contribution >= 4 is 17.9 Å². The Morgan fingerprint density at radius 2 is 0.513 bits per heavy atom. The minimum Gasteiger partial charge on any atom is -0.462 e. The zero-order valence-electron chi connectivity index (χ0n) is 51.3. The number of rotatable bonds is 63. The second-order valence-corrected chi connectivity index (χ2v) is 23.1. The van der Waals surface area contributed by atoms with Crippen molar-refractivity contribution in [2.75, 3.05) is 13.2 Å². The van der Waals surface area contributed by atoms with Crippen molar-refractivity contribution in [3.05, 3.63) is 36.5 Å². The van der Waals surface area contributed by atoms with Gasteiger partial charge >= 0.3 is 17.9 Å². The average molecular weight is 1070 g/mol. The van der Waals surface area contributed by atoms with E-state index in [1.54, 1.807) is 0 Å². The van der Waals surface area contributed by atoms with Crippen LogP contribution in [0.2, 0.25) is 0 Å². The lowest BCUT2D eigenvalue weighted by Crippen LogP contribution is -2.30. The molecule has 0 amide bonds. The summed E-state index contributed by atoms with van der Waals surface area (Å²) >= 11 is 0. The number of esters is 3. The highest BCUT2D eigenvalue weighted by molar-refractivity contribution is 5.71. The van der Waals surface area contributed by atoms with Crippen molar-refractivity contribution < 1.29 is 28.6 Å². The number of unbranched alkanes of at least 4 members (excludes halogenated alkanes) is 46. The topological polar surface area (TPSA) is 78.9 Å². The van der Waals surface area contributed by atoms with Crippen molar-refractivity contribution in [3.8, 4) is 0 Å². The number of hydrogen-bond donors (Lipinski definition) is 0. The molecule has 0 aliphatic heterocycles. The summed E-state index contributed by atoms with van der Waals surface area (Å²) in [6.45, 7) is 6.57. The number of carbonyl (C=O) groups excluding carboxylic acids is 3. The molecule has 0 spiro atoms. The molecule has 0 aliphatic rings. The molecule has 0 aromatic heterocycles. The van der Waals surface area contributed by atoms with Gasteiger partial charge in [-0.3, -0.25) is 14.4 Å². The number of ether oxygens (including phenoxy) is 3. The zero-order chi connectivity index (χ0) is 55.0. The summed E-state index contributed by atoms with van der Waals surface area (Å²) in [6.07, 6.45) is 80.4. The van der Waals surface area contributed by atoms with E-state index < -0.39 is 6.10 Å². The number of carbonyl (C=O) groups is 3. The van der Waals surface area contributed by atoms with Gasteiger partial charge in [0.25, 0.3) is 0 Å². The molecule has 0 N–H and O–H groups in total. The van der Waals surface area contributed by atoms with E-state index in [1.165, 1.54) is 250 Å². The molecule has 1 unspecified atom stereocenters. The fourth-order valence-corrected chi connectivity index (χ4v) is 10.3. The van der Waals surface area contributed by atoms with Gasteiger partial charge in [-0.15, -0.1) is 0 Å².